The van der Waals surface area contributed by atoms with E-state index in [0.29, 0.717) is 0 Å². The Balaban J connectivity index is 1.38. The number of rotatable bonds is 6. The molecule has 0 bridgehead atoms. The van der Waals surface area contributed by atoms with E-state index in [1.54, 1.807) is 0 Å². The van der Waals surface area contributed by atoms with Crippen LogP contribution >= 0.6 is 0 Å². The van der Waals surface area contributed by atoms with Crippen LogP contribution < -0.4 is 10.2 Å². The maximum atomic E-state index is 3.88. The van der Waals surface area contributed by atoms with Gasteiger partial charge in [0.05, 0.1) is 5.41 Å². The van der Waals surface area contributed by atoms with Crippen molar-refractivity contribution in [1.82, 2.24) is 5.32 Å². The first kappa shape index (κ1) is 28.0. The number of benzene rings is 3. The third-order valence-electron chi connectivity index (χ3n) is 9.61. The third kappa shape index (κ3) is 4.85. The van der Waals surface area contributed by atoms with Crippen LogP contribution in [-0.2, 0) is 17.4 Å². The van der Waals surface area contributed by atoms with Crippen molar-refractivity contribution in [3.8, 4) is 0 Å². The third-order valence-corrected chi connectivity index (χ3v) is 9.61. The molecule has 3 aromatic rings. The van der Waals surface area contributed by atoms with Crippen LogP contribution in [0.25, 0.3) is 0 Å². The summed E-state index contributed by atoms with van der Waals surface area (Å²) in [5.41, 5.74) is 13.3. The van der Waals surface area contributed by atoms with Crippen LogP contribution in [0, 0.1) is 0 Å². The summed E-state index contributed by atoms with van der Waals surface area (Å²) < 4.78 is 2.36. The van der Waals surface area contributed by atoms with E-state index >= 15 is 0 Å². The summed E-state index contributed by atoms with van der Waals surface area (Å²) in [6.07, 6.45) is 12.8. The Labute approximate surface area is 252 Å². The summed E-state index contributed by atoms with van der Waals surface area (Å²) in [6, 6.07) is 28.3. The summed E-state index contributed by atoms with van der Waals surface area (Å²) in [7, 11) is 4.40. The second-order valence-electron chi connectivity index (χ2n) is 13.0. The highest BCUT2D eigenvalue weighted by Gasteiger charge is 2.42. The molecule has 0 atom stereocenters. The summed E-state index contributed by atoms with van der Waals surface area (Å²) in [6.45, 7) is 10.2. The van der Waals surface area contributed by atoms with E-state index in [4.69, 9.17) is 0 Å². The maximum Gasteiger partial charge on any atom is 0.209 e. The van der Waals surface area contributed by atoms with Gasteiger partial charge in [-0.05, 0) is 67.5 Å². The van der Waals surface area contributed by atoms with Crippen LogP contribution in [0.2, 0.25) is 0 Å². The smallest absolute Gasteiger partial charge is 0.209 e. The minimum atomic E-state index is -0.0363. The van der Waals surface area contributed by atoms with Gasteiger partial charge in [0.2, 0.25) is 5.69 Å². The zero-order valence-electron chi connectivity index (χ0n) is 26.0. The van der Waals surface area contributed by atoms with Gasteiger partial charge >= 0.3 is 0 Å². The summed E-state index contributed by atoms with van der Waals surface area (Å²) in [5, 5.41) is 3.88. The molecule has 2 aliphatic heterocycles. The highest BCUT2D eigenvalue weighted by Crippen LogP contribution is 2.47. The normalized spacial score (nSPS) is 21.0. The van der Waals surface area contributed by atoms with Crippen LogP contribution in [0.15, 0.2) is 126 Å². The Morgan fingerprint density at radius 2 is 1.48 bits per heavy atom. The van der Waals surface area contributed by atoms with E-state index in [0.717, 1.165) is 25.8 Å². The van der Waals surface area contributed by atoms with Gasteiger partial charge in [0.15, 0.2) is 5.71 Å². The molecule has 3 aromatic carbocycles. The second-order valence-corrected chi connectivity index (χ2v) is 13.0. The molecular formula is C39H44N3+. The second kappa shape index (κ2) is 10.9. The predicted molar refractivity (Wildman–Crippen MR) is 178 cm³/mol. The van der Waals surface area contributed by atoms with Crippen molar-refractivity contribution in [2.24, 2.45) is 0 Å². The van der Waals surface area contributed by atoms with Crippen molar-refractivity contribution in [1.29, 1.82) is 0 Å². The highest BCUT2D eigenvalue weighted by molar-refractivity contribution is 6.03. The molecule has 0 saturated carbocycles. The van der Waals surface area contributed by atoms with Crippen LogP contribution in [-0.4, -0.2) is 24.4 Å². The van der Waals surface area contributed by atoms with Crippen molar-refractivity contribution in [3.63, 3.8) is 0 Å². The van der Waals surface area contributed by atoms with Crippen LogP contribution in [0.5, 0.6) is 0 Å². The Morgan fingerprint density at radius 3 is 2.21 bits per heavy atom. The van der Waals surface area contributed by atoms with Crippen LogP contribution in [0.4, 0.5) is 11.4 Å². The standard InChI is InChI=1S/C39H43N3/c1-38(2)31-19-10-12-21-33(31)41(5)35(38)25-23-29-17-14-18-30(37(29)40-27-28-15-8-7-9-16-28)24-26-36-39(3,4)32-20-11-13-22-34(32)42(36)6/h7-13,15-16,19-26H,14,17-18,27H2,1-6H3/p+1/b29-23+,35-25+. The van der Waals surface area contributed by atoms with E-state index in [1.807, 2.05) is 0 Å². The molecule has 3 heteroatoms. The number of likely N-dealkylation sites (N-methyl/N-ethyl adjacent to an activating group) is 1. The number of fused-ring (bicyclic) bond motifs is 2. The molecule has 1 aliphatic carbocycles. The number of hydrogen-bond donors (Lipinski definition) is 1. The van der Waals surface area contributed by atoms with E-state index in [9.17, 15) is 0 Å². The van der Waals surface area contributed by atoms with E-state index in [-0.39, 0.29) is 10.8 Å². The molecule has 42 heavy (non-hydrogen) atoms. The molecule has 0 fully saturated rings. The lowest BCUT2D eigenvalue weighted by molar-refractivity contribution is -0.401. The lowest BCUT2D eigenvalue weighted by Crippen LogP contribution is -2.27. The molecule has 0 radical (unpaired) electrons. The number of para-hydroxylation sites is 2. The minimum absolute atomic E-state index is 0.0363. The van der Waals surface area contributed by atoms with Gasteiger partial charge in [0, 0.05) is 53.8 Å². The summed E-state index contributed by atoms with van der Waals surface area (Å²) >= 11 is 0. The van der Waals surface area contributed by atoms with E-state index < -0.39 is 0 Å². The molecule has 0 unspecified atom stereocenters. The molecule has 0 amide bonds. The Morgan fingerprint density at radius 1 is 0.786 bits per heavy atom. The van der Waals surface area contributed by atoms with Gasteiger partial charge in [0.1, 0.15) is 7.05 Å². The molecule has 3 nitrogen and oxygen atoms in total. The average molecular weight is 555 g/mol. The lowest BCUT2D eigenvalue weighted by atomic mass is 9.81. The molecule has 0 aromatic heterocycles. The first-order valence-corrected chi connectivity index (χ1v) is 15.3. The Bertz CT molecular complexity index is 1660. The van der Waals surface area contributed by atoms with Crippen molar-refractivity contribution in [3.05, 3.63) is 142 Å². The van der Waals surface area contributed by atoms with Gasteiger partial charge in [0.25, 0.3) is 0 Å². The summed E-state index contributed by atoms with van der Waals surface area (Å²) in [5.74, 6) is 0. The number of nitrogens with zero attached hydrogens (tertiary/aromatic N) is 2. The summed E-state index contributed by atoms with van der Waals surface area (Å²) in [4.78, 5) is 2.36. The van der Waals surface area contributed by atoms with Gasteiger partial charge < -0.3 is 10.2 Å². The van der Waals surface area contributed by atoms with Crippen LogP contribution in [0.3, 0.4) is 0 Å². The van der Waals surface area contributed by atoms with E-state index in [2.05, 4.69) is 160 Å². The van der Waals surface area contributed by atoms with Crippen LogP contribution in [0.1, 0.15) is 63.6 Å². The number of anilines is 1. The highest BCUT2D eigenvalue weighted by atomic mass is 15.2. The molecule has 3 aliphatic rings. The van der Waals surface area contributed by atoms with Gasteiger partial charge in [-0.1, -0.05) is 92.7 Å². The average Bonchev–Trinajstić information content (AvgIpc) is 3.32. The van der Waals surface area contributed by atoms with E-state index in [1.165, 1.54) is 56.3 Å². The quantitative estimate of drug-likeness (QED) is 0.307. The topological polar surface area (TPSA) is 18.3 Å². The van der Waals surface area contributed by atoms with Crippen molar-refractivity contribution in [2.75, 3.05) is 19.0 Å². The molecule has 1 N–H and O–H groups in total. The largest absolute Gasteiger partial charge is 0.381 e. The zero-order chi connectivity index (χ0) is 29.5. The molecule has 2 heterocycles. The van der Waals surface area contributed by atoms with Crippen molar-refractivity contribution in [2.45, 2.75) is 64.3 Å². The predicted octanol–water partition coefficient (Wildman–Crippen LogP) is 8.71. The molecule has 6 rings (SSSR count). The fourth-order valence-corrected chi connectivity index (χ4v) is 7.23. The van der Waals surface area contributed by atoms with Gasteiger partial charge in [-0.15, -0.1) is 0 Å². The minimum Gasteiger partial charge on any atom is -0.381 e. The number of hydrogen-bond acceptors (Lipinski definition) is 2. The molecule has 0 spiro atoms. The Kier molecular flexibility index (Phi) is 7.30. The molecule has 214 valence electrons. The molecule has 0 saturated heterocycles. The van der Waals surface area contributed by atoms with Gasteiger partial charge in [-0.3, -0.25) is 0 Å². The maximum absolute atomic E-state index is 3.88. The number of allylic oxidation sites excluding steroid dienone is 7. The fraction of sp³-hybridized carbons (Fsp3) is 0.308. The monoisotopic (exact) mass is 554 g/mol. The van der Waals surface area contributed by atoms with Crippen molar-refractivity contribution < 1.29 is 4.58 Å². The number of nitrogens with one attached hydrogen (secondary N) is 1. The first-order chi connectivity index (χ1) is 20.2. The van der Waals surface area contributed by atoms with Gasteiger partial charge in [-0.25, -0.2) is 0 Å². The van der Waals surface area contributed by atoms with Crippen molar-refractivity contribution >= 4 is 17.1 Å². The first-order valence-electron chi connectivity index (χ1n) is 15.3. The van der Waals surface area contributed by atoms with Gasteiger partial charge in [-0.2, -0.15) is 4.58 Å². The SMILES string of the molecule is CN1/C(=C/C=C2\CCCC(/C=C/C3=[N+](C)c4ccccc4C3(C)C)=C2NCc2ccccc2)C(C)(C)c2ccccc21. The Hall–Kier alpha value is -4.11. The zero-order valence-corrected chi connectivity index (χ0v) is 26.0. The fourth-order valence-electron chi connectivity index (χ4n) is 7.23. The lowest BCUT2D eigenvalue weighted by Gasteiger charge is -2.25. The molecular weight excluding hydrogens is 510 g/mol.